The van der Waals surface area contributed by atoms with Crippen LogP contribution < -0.4 is 5.32 Å². The van der Waals surface area contributed by atoms with Crippen molar-refractivity contribution in [2.75, 3.05) is 26.2 Å². The Morgan fingerprint density at radius 3 is 2.50 bits per heavy atom. The van der Waals surface area contributed by atoms with Gasteiger partial charge in [0.15, 0.2) is 0 Å². The maximum Gasteiger partial charge on any atom is 0.133 e. The van der Waals surface area contributed by atoms with Crippen molar-refractivity contribution in [1.29, 1.82) is 0 Å². The molecule has 2 aliphatic rings. The molecular formula is C14H22Cl3N3. The number of hydrogen-bond acceptors (Lipinski definition) is 3. The van der Waals surface area contributed by atoms with Gasteiger partial charge in [0.05, 0.1) is 0 Å². The summed E-state index contributed by atoms with van der Waals surface area (Å²) in [5.41, 5.74) is 1.23. The molecule has 114 valence electrons. The Hall–Kier alpha value is -0.0600. The molecular weight excluding hydrogens is 317 g/mol. The Labute approximate surface area is 138 Å². The minimum atomic E-state index is 0. The second-order valence-corrected chi connectivity index (χ2v) is 5.66. The molecule has 2 heterocycles. The van der Waals surface area contributed by atoms with Gasteiger partial charge in [-0.05, 0) is 24.8 Å². The van der Waals surface area contributed by atoms with Gasteiger partial charge in [0.25, 0.3) is 0 Å². The summed E-state index contributed by atoms with van der Waals surface area (Å²) in [7, 11) is 0. The van der Waals surface area contributed by atoms with E-state index >= 15 is 0 Å². The fourth-order valence-electron chi connectivity index (χ4n) is 3.08. The topological polar surface area (TPSA) is 28.2 Å². The predicted molar refractivity (Wildman–Crippen MR) is 88.3 cm³/mol. The van der Waals surface area contributed by atoms with Gasteiger partial charge in [-0.1, -0.05) is 24.1 Å². The van der Waals surface area contributed by atoms with Crippen LogP contribution in [0, 0.1) is 5.92 Å². The normalized spacial score (nSPS) is 21.2. The molecule has 3 rings (SSSR count). The van der Waals surface area contributed by atoms with Crippen molar-refractivity contribution in [2.45, 2.75) is 25.3 Å². The van der Waals surface area contributed by atoms with Gasteiger partial charge in [0, 0.05) is 44.0 Å². The molecule has 0 spiro atoms. The first-order valence-electron chi connectivity index (χ1n) is 6.91. The first-order valence-corrected chi connectivity index (χ1v) is 7.29. The van der Waals surface area contributed by atoms with E-state index in [1.165, 1.54) is 24.8 Å². The number of hydrogen-bond donors (Lipinski definition) is 1. The molecule has 2 fully saturated rings. The van der Waals surface area contributed by atoms with Crippen LogP contribution in [0.5, 0.6) is 0 Å². The van der Waals surface area contributed by atoms with Gasteiger partial charge < -0.3 is 5.32 Å². The average Bonchev–Trinajstić information content (AvgIpc) is 2.36. The number of rotatable bonds is 3. The Balaban J connectivity index is 0.000001000. The van der Waals surface area contributed by atoms with E-state index in [-0.39, 0.29) is 24.8 Å². The third-order valence-corrected chi connectivity index (χ3v) is 4.56. The van der Waals surface area contributed by atoms with Crippen molar-refractivity contribution in [1.82, 2.24) is 15.2 Å². The van der Waals surface area contributed by atoms with Crippen LogP contribution in [0.2, 0.25) is 5.15 Å². The molecule has 1 atom stereocenters. The lowest BCUT2D eigenvalue weighted by Crippen LogP contribution is -2.47. The van der Waals surface area contributed by atoms with Crippen LogP contribution >= 0.6 is 36.4 Å². The summed E-state index contributed by atoms with van der Waals surface area (Å²) in [5, 5.41) is 4.11. The summed E-state index contributed by atoms with van der Waals surface area (Å²) in [6.45, 7) is 4.40. The van der Waals surface area contributed by atoms with Gasteiger partial charge >= 0.3 is 0 Å². The molecule has 1 aromatic heterocycles. The zero-order chi connectivity index (χ0) is 12.4. The highest BCUT2D eigenvalue weighted by atomic mass is 35.5. The fourth-order valence-corrected chi connectivity index (χ4v) is 3.31. The molecule has 6 heteroatoms. The molecule has 0 radical (unpaired) electrons. The lowest BCUT2D eigenvalue weighted by molar-refractivity contribution is 0.0835. The molecule has 1 aliphatic heterocycles. The standard InChI is InChI=1S/C14H20ClN3.2ClH/c15-14-12(5-2-6-17-14)13(11-3-1-4-11)18-9-7-16-8-10-18;;/h2,5-6,11,13,16H,1,3-4,7-10H2;2*1H/t13-;;/m1../s1. The number of nitrogens with zero attached hydrogens (tertiary/aromatic N) is 2. The summed E-state index contributed by atoms with van der Waals surface area (Å²) >= 11 is 6.31. The van der Waals surface area contributed by atoms with Crippen molar-refractivity contribution < 1.29 is 0 Å². The molecule has 0 aromatic carbocycles. The van der Waals surface area contributed by atoms with Gasteiger partial charge in [-0.15, -0.1) is 24.8 Å². The number of aromatic nitrogens is 1. The van der Waals surface area contributed by atoms with E-state index in [9.17, 15) is 0 Å². The van der Waals surface area contributed by atoms with Crippen LogP contribution in [-0.4, -0.2) is 36.1 Å². The molecule has 0 amide bonds. The van der Waals surface area contributed by atoms with Gasteiger partial charge in [0.1, 0.15) is 5.15 Å². The molecule has 1 N–H and O–H groups in total. The Bertz CT molecular complexity index is 406. The van der Waals surface area contributed by atoms with Crippen LogP contribution in [0.15, 0.2) is 18.3 Å². The SMILES string of the molecule is Cl.Cl.Clc1ncccc1[C@@H](C1CCC1)N1CCNCC1. The van der Waals surface area contributed by atoms with Crippen molar-refractivity contribution in [3.05, 3.63) is 29.0 Å². The molecule has 0 unspecified atom stereocenters. The van der Waals surface area contributed by atoms with Crippen molar-refractivity contribution >= 4 is 36.4 Å². The fraction of sp³-hybridized carbons (Fsp3) is 0.643. The highest BCUT2D eigenvalue weighted by Gasteiger charge is 2.34. The molecule has 1 saturated carbocycles. The van der Waals surface area contributed by atoms with Crippen LogP contribution in [0.3, 0.4) is 0 Å². The molecule has 1 aromatic rings. The van der Waals surface area contributed by atoms with E-state index in [4.69, 9.17) is 11.6 Å². The molecule has 1 aliphatic carbocycles. The quantitative estimate of drug-likeness (QED) is 0.857. The van der Waals surface area contributed by atoms with Crippen LogP contribution in [-0.2, 0) is 0 Å². The first kappa shape index (κ1) is 18.0. The summed E-state index contributed by atoms with van der Waals surface area (Å²) in [6.07, 6.45) is 5.81. The van der Waals surface area contributed by atoms with Gasteiger partial charge in [-0.2, -0.15) is 0 Å². The minimum absolute atomic E-state index is 0. The van der Waals surface area contributed by atoms with Gasteiger partial charge in [0.2, 0.25) is 0 Å². The van der Waals surface area contributed by atoms with Crippen molar-refractivity contribution in [2.24, 2.45) is 5.92 Å². The highest BCUT2D eigenvalue weighted by Crippen LogP contribution is 2.42. The second kappa shape index (κ2) is 8.40. The molecule has 20 heavy (non-hydrogen) atoms. The summed E-state index contributed by atoms with van der Waals surface area (Å²) in [6, 6.07) is 4.64. The smallest absolute Gasteiger partial charge is 0.133 e. The van der Waals surface area contributed by atoms with Gasteiger partial charge in [-0.25, -0.2) is 4.98 Å². The Kier molecular flexibility index (Phi) is 7.56. The molecule has 3 nitrogen and oxygen atoms in total. The van der Waals surface area contributed by atoms with E-state index < -0.39 is 0 Å². The zero-order valence-corrected chi connectivity index (χ0v) is 13.8. The van der Waals surface area contributed by atoms with Crippen LogP contribution in [0.1, 0.15) is 30.9 Å². The average molecular weight is 339 g/mol. The van der Waals surface area contributed by atoms with E-state index in [1.54, 1.807) is 6.20 Å². The molecule has 0 bridgehead atoms. The zero-order valence-electron chi connectivity index (χ0n) is 11.4. The van der Waals surface area contributed by atoms with E-state index in [1.807, 2.05) is 6.07 Å². The molecule has 1 saturated heterocycles. The number of halogens is 3. The maximum atomic E-state index is 6.31. The largest absolute Gasteiger partial charge is 0.314 e. The monoisotopic (exact) mass is 337 g/mol. The number of nitrogens with one attached hydrogen (secondary N) is 1. The third kappa shape index (κ3) is 3.77. The van der Waals surface area contributed by atoms with E-state index in [2.05, 4.69) is 21.3 Å². The lowest BCUT2D eigenvalue weighted by Gasteiger charge is -2.43. The summed E-state index contributed by atoms with van der Waals surface area (Å²) in [4.78, 5) is 6.85. The summed E-state index contributed by atoms with van der Waals surface area (Å²) < 4.78 is 0. The van der Waals surface area contributed by atoms with Crippen molar-refractivity contribution in [3.8, 4) is 0 Å². The van der Waals surface area contributed by atoms with Crippen LogP contribution in [0.25, 0.3) is 0 Å². The van der Waals surface area contributed by atoms with Gasteiger partial charge in [-0.3, -0.25) is 4.90 Å². The Morgan fingerprint density at radius 2 is 1.95 bits per heavy atom. The predicted octanol–water partition coefficient (Wildman–Crippen LogP) is 3.33. The van der Waals surface area contributed by atoms with E-state index in [0.29, 0.717) is 11.2 Å². The Morgan fingerprint density at radius 1 is 1.25 bits per heavy atom. The highest BCUT2D eigenvalue weighted by molar-refractivity contribution is 6.30. The van der Waals surface area contributed by atoms with Crippen LogP contribution in [0.4, 0.5) is 0 Å². The first-order chi connectivity index (χ1) is 8.86. The number of pyridine rings is 1. The minimum Gasteiger partial charge on any atom is -0.314 e. The third-order valence-electron chi connectivity index (χ3n) is 4.25. The second-order valence-electron chi connectivity index (χ2n) is 5.31. The maximum absolute atomic E-state index is 6.31. The number of piperazine rings is 1. The summed E-state index contributed by atoms with van der Waals surface area (Å²) in [5.74, 6) is 0.768. The van der Waals surface area contributed by atoms with Crippen molar-refractivity contribution in [3.63, 3.8) is 0 Å². The van der Waals surface area contributed by atoms with E-state index in [0.717, 1.165) is 32.1 Å². The lowest BCUT2D eigenvalue weighted by atomic mass is 9.76.